The lowest BCUT2D eigenvalue weighted by Crippen LogP contribution is -2.19. The van der Waals surface area contributed by atoms with E-state index in [0.29, 0.717) is 38.6 Å². The summed E-state index contributed by atoms with van der Waals surface area (Å²) in [5.41, 5.74) is 4.29. The highest BCUT2D eigenvalue weighted by atomic mass is 16.3. The van der Waals surface area contributed by atoms with E-state index >= 15 is 0 Å². The lowest BCUT2D eigenvalue weighted by molar-refractivity contribution is 0.154. The zero-order valence-electron chi connectivity index (χ0n) is 20.3. The van der Waals surface area contributed by atoms with E-state index in [1.54, 1.807) is 0 Å². The van der Waals surface area contributed by atoms with E-state index in [-0.39, 0.29) is 40.6 Å². The number of aliphatic hydroxyl groups excluding tert-OH is 1. The predicted octanol–water partition coefficient (Wildman–Crippen LogP) is 6.16. The van der Waals surface area contributed by atoms with Gasteiger partial charge in [-0.25, -0.2) is 0 Å². The van der Waals surface area contributed by atoms with E-state index in [1.807, 2.05) is 53.7 Å². The van der Waals surface area contributed by atoms with Crippen molar-refractivity contribution in [3.63, 3.8) is 0 Å². The van der Waals surface area contributed by atoms with Crippen LogP contribution in [-0.4, -0.2) is 30.6 Å². The summed E-state index contributed by atoms with van der Waals surface area (Å²) in [4.78, 5) is 0. The van der Waals surface area contributed by atoms with E-state index in [1.165, 1.54) is 12.1 Å². The van der Waals surface area contributed by atoms with Crippen LogP contribution in [0.3, 0.4) is 0 Å². The fraction of sp³-hybridized carbons (Fsp3) is 0.357. The molecule has 4 rings (SSSR count). The maximum atomic E-state index is 11.5. The number of aromatic hydroxyl groups is 5. The van der Waals surface area contributed by atoms with Crippen molar-refractivity contribution in [2.45, 2.75) is 65.4 Å². The Kier molecular flexibility index (Phi) is 5.68. The normalized spacial score (nSPS) is 18.0. The first kappa shape index (κ1) is 23.8. The van der Waals surface area contributed by atoms with Crippen molar-refractivity contribution in [3.05, 3.63) is 57.2 Å². The molecule has 3 aromatic rings. The Morgan fingerprint density at radius 2 is 1.26 bits per heavy atom. The molecule has 34 heavy (non-hydrogen) atoms. The maximum absolute atomic E-state index is 11.5. The predicted molar refractivity (Wildman–Crippen MR) is 133 cm³/mol. The molecule has 0 aromatic heterocycles. The van der Waals surface area contributed by atoms with Crippen LogP contribution in [0.5, 0.6) is 28.7 Å². The standard InChI is InChI=1S/C28H32O6/c1-11(2)21-15-7-13(5)23(25(31)17(15)9-19(29)27(21)33)24-14(6)8-16-18(26(24)32)10-20(30)28(34)22(16)12(3)4/h7-12,23,25,29-34H,1-6H3. The van der Waals surface area contributed by atoms with Crippen LogP contribution in [0.1, 0.15) is 91.9 Å². The molecule has 6 heteroatoms. The molecule has 0 amide bonds. The molecular weight excluding hydrogens is 432 g/mol. The van der Waals surface area contributed by atoms with Crippen LogP contribution < -0.4 is 0 Å². The SMILES string of the molecule is CC1=Cc2c(cc(O)c(O)c2C(C)C)C(O)C1c1c(C)cc2c(C(C)C)c(O)c(O)cc2c1O. The molecule has 2 atom stereocenters. The number of phenols is 5. The lowest BCUT2D eigenvalue weighted by atomic mass is 9.73. The third kappa shape index (κ3) is 3.36. The first-order chi connectivity index (χ1) is 15.9. The monoisotopic (exact) mass is 464 g/mol. The maximum Gasteiger partial charge on any atom is 0.161 e. The van der Waals surface area contributed by atoms with Gasteiger partial charge in [0.25, 0.3) is 0 Å². The molecule has 0 spiro atoms. The topological polar surface area (TPSA) is 121 Å². The van der Waals surface area contributed by atoms with Gasteiger partial charge in [-0.3, -0.25) is 0 Å². The van der Waals surface area contributed by atoms with Gasteiger partial charge in [0.1, 0.15) is 5.75 Å². The second-order valence-electron chi connectivity index (χ2n) is 9.99. The zero-order valence-corrected chi connectivity index (χ0v) is 20.3. The molecule has 180 valence electrons. The van der Waals surface area contributed by atoms with Gasteiger partial charge in [0, 0.05) is 28.0 Å². The van der Waals surface area contributed by atoms with Crippen molar-refractivity contribution < 1.29 is 30.6 Å². The molecule has 0 aliphatic heterocycles. The molecule has 0 radical (unpaired) electrons. The Balaban J connectivity index is 2.00. The highest BCUT2D eigenvalue weighted by molar-refractivity contribution is 5.96. The molecule has 0 heterocycles. The van der Waals surface area contributed by atoms with Gasteiger partial charge in [-0.2, -0.15) is 0 Å². The van der Waals surface area contributed by atoms with Gasteiger partial charge in [0.2, 0.25) is 0 Å². The minimum Gasteiger partial charge on any atom is -0.507 e. The van der Waals surface area contributed by atoms with E-state index in [0.717, 1.165) is 11.1 Å². The summed E-state index contributed by atoms with van der Waals surface area (Å²) in [6, 6.07) is 4.59. The van der Waals surface area contributed by atoms with Gasteiger partial charge >= 0.3 is 0 Å². The Bertz CT molecular complexity index is 1350. The summed E-state index contributed by atoms with van der Waals surface area (Å²) in [5.74, 6) is -1.87. The Morgan fingerprint density at radius 3 is 1.85 bits per heavy atom. The van der Waals surface area contributed by atoms with Crippen molar-refractivity contribution >= 4 is 16.8 Å². The number of hydrogen-bond acceptors (Lipinski definition) is 6. The van der Waals surface area contributed by atoms with Crippen LogP contribution in [0, 0.1) is 6.92 Å². The van der Waals surface area contributed by atoms with Gasteiger partial charge < -0.3 is 30.6 Å². The van der Waals surface area contributed by atoms with Crippen LogP contribution in [0.25, 0.3) is 16.8 Å². The number of aliphatic hydroxyl groups is 1. The molecule has 0 saturated carbocycles. The minimum atomic E-state index is -1.08. The molecule has 0 bridgehead atoms. The molecule has 2 unspecified atom stereocenters. The van der Waals surface area contributed by atoms with Crippen LogP contribution in [0.4, 0.5) is 0 Å². The number of hydrogen-bond donors (Lipinski definition) is 6. The average Bonchev–Trinajstić information content (AvgIpc) is 2.73. The van der Waals surface area contributed by atoms with Crippen molar-refractivity contribution in [1.82, 2.24) is 0 Å². The molecule has 0 fully saturated rings. The van der Waals surface area contributed by atoms with Crippen molar-refractivity contribution in [1.29, 1.82) is 0 Å². The highest BCUT2D eigenvalue weighted by Gasteiger charge is 2.36. The van der Waals surface area contributed by atoms with E-state index in [9.17, 15) is 30.6 Å². The van der Waals surface area contributed by atoms with Gasteiger partial charge in [0.15, 0.2) is 23.0 Å². The molecule has 3 aromatic carbocycles. The van der Waals surface area contributed by atoms with Crippen molar-refractivity contribution in [2.24, 2.45) is 0 Å². The zero-order chi connectivity index (χ0) is 25.2. The fourth-order valence-electron chi connectivity index (χ4n) is 5.48. The van der Waals surface area contributed by atoms with E-state index < -0.39 is 12.0 Å². The Labute approximate surface area is 199 Å². The van der Waals surface area contributed by atoms with Crippen molar-refractivity contribution in [3.8, 4) is 28.7 Å². The first-order valence-corrected chi connectivity index (χ1v) is 11.5. The minimum absolute atomic E-state index is 0.0699. The summed E-state index contributed by atoms with van der Waals surface area (Å²) >= 11 is 0. The molecule has 1 aliphatic carbocycles. The average molecular weight is 465 g/mol. The second-order valence-corrected chi connectivity index (χ2v) is 9.99. The summed E-state index contributed by atoms with van der Waals surface area (Å²) in [7, 11) is 0. The van der Waals surface area contributed by atoms with Crippen molar-refractivity contribution in [2.75, 3.05) is 0 Å². The quantitative estimate of drug-likeness (QED) is 0.258. The second kappa shape index (κ2) is 8.13. The summed E-state index contributed by atoms with van der Waals surface area (Å²) < 4.78 is 0. The third-order valence-electron chi connectivity index (χ3n) is 7.01. The Morgan fingerprint density at radius 1 is 0.706 bits per heavy atom. The number of fused-ring (bicyclic) bond motifs is 2. The van der Waals surface area contributed by atoms with Crippen LogP contribution >= 0.6 is 0 Å². The largest absolute Gasteiger partial charge is 0.507 e. The molecule has 0 saturated heterocycles. The summed E-state index contributed by atoms with van der Waals surface area (Å²) in [6.07, 6.45) is 0.805. The number of rotatable bonds is 3. The number of aryl methyl sites for hydroxylation is 1. The molecule has 6 N–H and O–H groups in total. The Hall–Kier alpha value is -3.38. The molecule has 1 aliphatic rings. The van der Waals surface area contributed by atoms with Crippen LogP contribution in [0.15, 0.2) is 23.8 Å². The van der Waals surface area contributed by atoms with Gasteiger partial charge in [0.05, 0.1) is 6.10 Å². The lowest BCUT2D eigenvalue weighted by Gasteiger charge is -2.34. The van der Waals surface area contributed by atoms with Gasteiger partial charge in [-0.15, -0.1) is 0 Å². The van der Waals surface area contributed by atoms with Gasteiger partial charge in [-0.1, -0.05) is 45.4 Å². The molecular formula is C28H32O6. The smallest absolute Gasteiger partial charge is 0.161 e. The van der Waals surface area contributed by atoms with E-state index in [4.69, 9.17) is 0 Å². The number of benzene rings is 3. The highest BCUT2D eigenvalue weighted by Crippen LogP contribution is 2.53. The third-order valence-corrected chi connectivity index (χ3v) is 7.01. The van der Waals surface area contributed by atoms with Crippen LogP contribution in [-0.2, 0) is 0 Å². The first-order valence-electron chi connectivity index (χ1n) is 11.5. The fourth-order valence-corrected chi connectivity index (χ4v) is 5.48. The molecule has 6 nitrogen and oxygen atoms in total. The van der Waals surface area contributed by atoms with Crippen LogP contribution in [0.2, 0.25) is 0 Å². The summed E-state index contributed by atoms with van der Waals surface area (Å²) in [5, 5.41) is 65.5. The number of phenolic OH excluding ortho intramolecular Hbond substituents is 5. The van der Waals surface area contributed by atoms with Gasteiger partial charge in [-0.05, 0) is 59.9 Å². The van der Waals surface area contributed by atoms with E-state index in [2.05, 4.69) is 0 Å². The summed E-state index contributed by atoms with van der Waals surface area (Å²) in [6.45, 7) is 11.3.